The molecule has 0 aliphatic carbocycles. The van der Waals surface area contributed by atoms with E-state index >= 15 is 0 Å². The van der Waals surface area contributed by atoms with Crippen LogP contribution in [0, 0.1) is 0 Å². The van der Waals surface area contributed by atoms with E-state index in [1.54, 1.807) is 12.1 Å². The van der Waals surface area contributed by atoms with Crippen molar-refractivity contribution in [3.8, 4) is 0 Å². The number of amides is 1. The Morgan fingerprint density at radius 2 is 2.09 bits per heavy atom. The Kier molecular flexibility index (Phi) is 4.15. The fraction of sp³-hybridized carbons (Fsp3) is 0.353. The van der Waals surface area contributed by atoms with Crippen LogP contribution in [0.1, 0.15) is 24.2 Å². The van der Waals surface area contributed by atoms with Gasteiger partial charge in [-0.2, -0.15) is 0 Å². The lowest BCUT2D eigenvalue weighted by molar-refractivity contribution is -0.0489. The summed E-state index contributed by atoms with van der Waals surface area (Å²) in [5.74, 6) is 0.494. The van der Waals surface area contributed by atoms with Crippen molar-refractivity contribution in [3.05, 3.63) is 60.1 Å². The summed E-state index contributed by atoms with van der Waals surface area (Å²) < 4.78 is 10.6. The van der Waals surface area contributed by atoms with Crippen molar-refractivity contribution in [2.75, 3.05) is 13.1 Å². The molecule has 1 aliphatic rings. The van der Waals surface area contributed by atoms with E-state index in [-0.39, 0.29) is 13.2 Å². The number of benzene rings is 1. The van der Waals surface area contributed by atoms with Gasteiger partial charge in [0.05, 0.1) is 12.8 Å². The molecule has 1 amide bonds. The zero-order chi connectivity index (χ0) is 15.4. The monoisotopic (exact) mass is 301 g/mol. The van der Waals surface area contributed by atoms with Gasteiger partial charge in [0.1, 0.15) is 18.0 Å². The van der Waals surface area contributed by atoms with Gasteiger partial charge in [0.15, 0.2) is 0 Å². The van der Waals surface area contributed by atoms with Crippen LogP contribution in [0.2, 0.25) is 0 Å². The third kappa shape index (κ3) is 3.14. The van der Waals surface area contributed by atoms with Gasteiger partial charge in [-0.25, -0.2) is 4.79 Å². The molecule has 0 radical (unpaired) electrons. The Morgan fingerprint density at radius 1 is 1.27 bits per heavy atom. The van der Waals surface area contributed by atoms with Crippen molar-refractivity contribution in [2.45, 2.75) is 25.0 Å². The summed E-state index contributed by atoms with van der Waals surface area (Å²) in [5.41, 5.74) is -0.192. The van der Waals surface area contributed by atoms with Crippen LogP contribution in [0.3, 0.4) is 0 Å². The Morgan fingerprint density at radius 3 is 2.82 bits per heavy atom. The van der Waals surface area contributed by atoms with Crippen LogP contribution in [-0.2, 0) is 16.9 Å². The fourth-order valence-electron chi connectivity index (χ4n) is 2.75. The van der Waals surface area contributed by atoms with Crippen molar-refractivity contribution in [2.24, 2.45) is 0 Å². The Labute approximate surface area is 129 Å². The van der Waals surface area contributed by atoms with Gasteiger partial charge in [-0.1, -0.05) is 30.3 Å². The van der Waals surface area contributed by atoms with Crippen LogP contribution >= 0.6 is 0 Å². The highest BCUT2D eigenvalue weighted by molar-refractivity contribution is 5.68. The zero-order valence-electron chi connectivity index (χ0n) is 12.3. The molecule has 5 nitrogen and oxygen atoms in total. The first-order chi connectivity index (χ1) is 10.7. The molecule has 2 aromatic rings. The molecule has 0 saturated carbocycles. The SMILES string of the molecule is O=C(OCc1ccccc1)N1CCCC(O)(c2ccco2)C1. The van der Waals surface area contributed by atoms with E-state index < -0.39 is 11.7 Å². The van der Waals surface area contributed by atoms with Gasteiger partial charge in [-0.15, -0.1) is 0 Å². The van der Waals surface area contributed by atoms with Crippen LogP contribution in [0.25, 0.3) is 0 Å². The minimum atomic E-state index is -1.13. The maximum absolute atomic E-state index is 12.2. The molecular formula is C17H19NO4. The Hall–Kier alpha value is -2.27. The number of rotatable bonds is 3. The number of β-amino-alcohol motifs (C(OH)–C–C–N with tert-alkyl or cyclic N) is 1. The maximum atomic E-state index is 12.2. The zero-order valence-corrected chi connectivity index (χ0v) is 12.3. The molecule has 22 heavy (non-hydrogen) atoms. The molecule has 1 aliphatic heterocycles. The molecule has 3 rings (SSSR count). The predicted molar refractivity (Wildman–Crippen MR) is 80.0 cm³/mol. The van der Waals surface area contributed by atoms with Gasteiger partial charge in [-0.05, 0) is 30.5 Å². The summed E-state index contributed by atoms with van der Waals surface area (Å²) >= 11 is 0. The number of likely N-dealkylation sites (tertiary alicyclic amines) is 1. The highest BCUT2D eigenvalue weighted by Gasteiger charge is 2.39. The molecule has 2 heterocycles. The van der Waals surface area contributed by atoms with Gasteiger partial charge >= 0.3 is 6.09 Å². The first-order valence-electron chi connectivity index (χ1n) is 7.39. The largest absolute Gasteiger partial charge is 0.466 e. The van der Waals surface area contributed by atoms with Crippen molar-refractivity contribution in [1.82, 2.24) is 4.90 Å². The second-order valence-electron chi connectivity index (χ2n) is 5.57. The topological polar surface area (TPSA) is 62.9 Å². The summed E-state index contributed by atoms with van der Waals surface area (Å²) in [7, 11) is 0. The molecule has 1 atom stereocenters. The van der Waals surface area contributed by atoms with Crippen molar-refractivity contribution < 1.29 is 19.1 Å². The van der Waals surface area contributed by atoms with Crippen LogP contribution in [-0.4, -0.2) is 29.2 Å². The van der Waals surface area contributed by atoms with Crippen molar-refractivity contribution >= 4 is 6.09 Å². The van der Waals surface area contributed by atoms with Crippen LogP contribution in [0.5, 0.6) is 0 Å². The number of carbonyl (C=O) groups is 1. The molecule has 0 spiro atoms. The molecular weight excluding hydrogens is 282 g/mol. The van der Waals surface area contributed by atoms with E-state index in [2.05, 4.69) is 0 Å². The van der Waals surface area contributed by atoms with Gasteiger partial charge < -0.3 is 19.2 Å². The van der Waals surface area contributed by atoms with Crippen LogP contribution in [0.4, 0.5) is 4.79 Å². The Bertz CT molecular complexity index is 611. The number of hydrogen-bond donors (Lipinski definition) is 1. The van der Waals surface area contributed by atoms with E-state index in [0.717, 1.165) is 5.56 Å². The van der Waals surface area contributed by atoms with Crippen molar-refractivity contribution in [1.29, 1.82) is 0 Å². The molecule has 1 aromatic carbocycles. The molecule has 5 heteroatoms. The normalized spacial score (nSPS) is 21.6. The second kappa shape index (κ2) is 6.23. The molecule has 1 unspecified atom stereocenters. The summed E-state index contributed by atoms with van der Waals surface area (Å²) in [6.45, 7) is 1.00. The Balaban J connectivity index is 1.61. The van der Waals surface area contributed by atoms with E-state index in [0.29, 0.717) is 25.1 Å². The first kappa shape index (κ1) is 14.7. The minimum absolute atomic E-state index is 0.189. The number of piperidine rings is 1. The first-order valence-corrected chi connectivity index (χ1v) is 7.39. The quantitative estimate of drug-likeness (QED) is 0.947. The van der Waals surface area contributed by atoms with E-state index in [1.165, 1.54) is 11.2 Å². The third-order valence-corrected chi connectivity index (χ3v) is 3.91. The van der Waals surface area contributed by atoms with Gasteiger partial charge in [0.2, 0.25) is 0 Å². The smallest absolute Gasteiger partial charge is 0.410 e. The minimum Gasteiger partial charge on any atom is -0.466 e. The lowest BCUT2D eigenvalue weighted by atomic mass is 9.90. The molecule has 1 fully saturated rings. The number of hydrogen-bond acceptors (Lipinski definition) is 4. The molecule has 116 valence electrons. The average molecular weight is 301 g/mol. The number of nitrogens with zero attached hydrogens (tertiary/aromatic N) is 1. The van der Waals surface area contributed by atoms with Crippen molar-refractivity contribution in [3.63, 3.8) is 0 Å². The van der Waals surface area contributed by atoms with E-state index in [4.69, 9.17) is 9.15 Å². The van der Waals surface area contributed by atoms with E-state index in [9.17, 15) is 9.90 Å². The predicted octanol–water partition coefficient (Wildman–Crippen LogP) is 2.90. The van der Waals surface area contributed by atoms with Crippen LogP contribution < -0.4 is 0 Å². The third-order valence-electron chi connectivity index (χ3n) is 3.91. The number of carbonyl (C=O) groups excluding carboxylic acids is 1. The molecule has 1 aromatic heterocycles. The van der Waals surface area contributed by atoms with Gasteiger partial charge in [-0.3, -0.25) is 0 Å². The molecule has 1 saturated heterocycles. The summed E-state index contributed by atoms with van der Waals surface area (Å²) in [5, 5.41) is 10.7. The fourth-order valence-corrected chi connectivity index (χ4v) is 2.75. The van der Waals surface area contributed by atoms with E-state index in [1.807, 2.05) is 30.3 Å². The van der Waals surface area contributed by atoms with Gasteiger partial charge in [0, 0.05) is 6.54 Å². The maximum Gasteiger partial charge on any atom is 0.410 e. The lowest BCUT2D eigenvalue weighted by Crippen LogP contribution is -2.48. The summed E-state index contributed by atoms with van der Waals surface area (Å²) in [4.78, 5) is 13.7. The molecule has 0 bridgehead atoms. The average Bonchev–Trinajstić information content (AvgIpc) is 3.09. The highest BCUT2D eigenvalue weighted by Crippen LogP contribution is 2.32. The van der Waals surface area contributed by atoms with Crippen LogP contribution in [0.15, 0.2) is 53.1 Å². The highest BCUT2D eigenvalue weighted by atomic mass is 16.6. The molecule has 1 N–H and O–H groups in total. The second-order valence-corrected chi connectivity index (χ2v) is 5.57. The summed E-state index contributed by atoms with van der Waals surface area (Å²) in [6, 6.07) is 13.0. The number of furan rings is 1. The lowest BCUT2D eigenvalue weighted by Gasteiger charge is -2.37. The number of aliphatic hydroxyl groups is 1. The standard InChI is InChI=1S/C17H19NO4/c19-16(22-12-14-6-2-1-3-7-14)18-10-5-9-17(20,13-18)15-8-4-11-21-15/h1-4,6-8,11,20H,5,9-10,12-13H2. The number of ether oxygens (including phenoxy) is 1. The summed E-state index contributed by atoms with van der Waals surface area (Å²) in [6.07, 6.45) is 2.40. The van der Waals surface area contributed by atoms with Gasteiger partial charge in [0.25, 0.3) is 0 Å².